The van der Waals surface area contributed by atoms with Crippen LogP contribution in [0, 0.1) is 5.92 Å². The molecule has 2 atom stereocenters. The van der Waals surface area contributed by atoms with E-state index in [9.17, 15) is 14.7 Å². The number of nitrogens with one attached hydrogen (secondary N) is 1. The van der Waals surface area contributed by atoms with Crippen molar-refractivity contribution in [2.45, 2.75) is 26.3 Å². The Kier molecular flexibility index (Phi) is 5.26. The highest BCUT2D eigenvalue weighted by Crippen LogP contribution is 2.38. The van der Waals surface area contributed by atoms with Gasteiger partial charge in [-0.25, -0.2) is 4.79 Å². The Hall–Kier alpha value is -2.82. The van der Waals surface area contributed by atoms with Crippen molar-refractivity contribution in [3.05, 3.63) is 65.2 Å². The lowest BCUT2D eigenvalue weighted by Gasteiger charge is -2.22. The van der Waals surface area contributed by atoms with Crippen LogP contribution in [0.25, 0.3) is 0 Å². The lowest BCUT2D eigenvalue weighted by atomic mass is 9.92. The molecule has 5 heteroatoms. The van der Waals surface area contributed by atoms with Crippen molar-refractivity contribution in [3.8, 4) is 0 Å². The zero-order valence-corrected chi connectivity index (χ0v) is 15.1. The van der Waals surface area contributed by atoms with Gasteiger partial charge in [-0.05, 0) is 43.5 Å². The zero-order valence-electron chi connectivity index (χ0n) is 15.1. The van der Waals surface area contributed by atoms with Gasteiger partial charge in [-0.3, -0.25) is 4.79 Å². The first kappa shape index (κ1) is 18.0. The Bertz CT molecular complexity index is 797. The van der Waals surface area contributed by atoms with Gasteiger partial charge in [-0.15, -0.1) is 0 Å². The van der Waals surface area contributed by atoms with Gasteiger partial charge >= 0.3 is 6.09 Å². The number of carbonyl (C=O) groups excluding carboxylic acids is 1. The summed E-state index contributed by atoms with van der Waals surface area (Å²) in [5, 5.41) is 11.7. The highest BCUT2D eigenvalue weighted by atomic mass is 16.4. The number of nitrogens with zero attached hydrogens (tertiary/aromatic N) is 1. The molecule has 5 nitrogen and oxygen atoms in total. The van der Waals surface area contributed by atoms with Gasteiger partial charge in [0.2, 0.25) is 0 Å². The van der Waals surface area contributed by atoms with Crippen LogP contribution in [0.15, 0.2) is 48.5 Å². The van der Waals surface area contributed by atoms with E-state index in [4.69, 9.17) is 0 Å². The molecule has 0 heterocycles. The Morgan fingerprint density at radius 3 is 2.35 bits per heavy atom. The first-order chi connectivity index (χ1) is 12.5. The molecule has 0 aliphatic heterocycles. The number of hydrogen-bond acceptors (Lipinski definition) is 3. The summed E-state index contributed by atoms with van der Waals surface area (Å²) in [7, 11) is 0. The standard InChI is InChI=1S/C21H24N2O3/c1-3-23(4-2)15-11-9-14(10-12-15)13-18-19(22-21(25)26)16-7-5-6-8-17(16)20(18)24/h5-12,18-19,22H,3-4,13H2,1-2H3,(H,25,26). The van der Waals surface area contributed by atoms with Crippen LogP contribution in [0.2, 0.25) is 0 Å². The average Bonchev–Trinajstić information content (AvgIpc) is 2.90. The number of Topliss-reactive ketones (excluding diaryl/α,β-unsaturated/α-hetero) is 1. The smallest absolute Gasteiger partial charge is 0.405 e. The number of anilines is 1. The van der Waals surface area contributed by atoms with Crippen LogP contribution >= 0.6 is 0 Å². The second kappa shape index (κ2) is 7.60. The molecule has 2 N–H and O–H groups in total. The summed E-state index contributed by atoms with van der Waals surface area (Å²) in [6.45, 7) is 6.12. The molecule has 1 aliphatic rings. The molecule has 26 heavy (non-hydrogen) atoms. The van der Waals surface area contributed by atoms with Crippen molar-refractivity contribution >= 4 is 17.6 Å². The largest absolute Gasteiger partial charge is 0.465 e. The number of benzene rings is 2. The first-order valence-electron chi connectivity index (χ1n) is 9.01. The van der Waals surface area contributed by atoms with Gasteiger partial charge in [-0.1, -0.05) is 36.4 Å². The number of carboxylic acid groups (broad SMARTS) is 1. The lowest BCUT2D eigenvalue weighted by molar-refractivity contribution is 0.0914. The first-order valence-corrected chi connectivity index (χ1v) is 9.01. The molecule has 1 aliphatic carbocycles. The minimum Gasteiger partial charge on any atom is -0.465 e. The number of amides is 1. The highest BCUT2D eigenvalue weighted by Gasteiger charge is 2.40. The summed E-state index contributed by atoms with van der Waals surface area (Å²) < 4.78 is 0. The Labute approximate surface area is 153 Å². The van der Waals surface area contributed by atoms with Gasteiger partial charge < -0.3 is 15.3 Å². The molecule has 0 saturated heterocycles. The minimum atomic E-state index is -1.11. The summed E-state index contributed by atoms with van der Waals surface area (Å²) in [5.41, 5.74) is 3.57. The van der Waals surface area contributed by atoms with Crippen LogP contribution < -0.4 is 10.2 Å². The topological polar surface area (TPSA) is 69.6 Å². The second-order valence-electron chi connectivity index (χ2n) is 6.53. The molecule has 0 fully saturated rings. The maximum Gasteiger partial charge on any atom is 0.405 e. The van der Waals surface area contributed by atoms with Gasteiger partial charge in [0.05, 0.1) is 12.0 Å². The predicted molar refractivity (Wildman–Crippen MR) is 102 cm³/mol. The molecule has 0 radical (unpaired) electrons. The molecule has 2 aromatic rings. The number of hydrogen-bond donors (Lipinski definition) is 2. The van der Waals surface area contributed by atoms with E-state index in [0.717, 1.165) is 29.9 Å². The summed E-state index contributed by atoms with van der Waals surface area (Å²) in [5.74, 6) is -0.407. The molecule has 2 unspecified atom stereocenters. The number of ketones is 1. The van der Waals surface area contributed by atoms with E-state index in [1.807, 2.05) is 30.3 Å². The van der Waals surface area contributed by atoms with E-state index in [1.165, 1.54) is 0 Å². The second-order valence-corrected chi connectivity index (χ2v) is 6.53. The third-order valence-corrected chi connectivity index (χ3v) is 5.10. The number of carbonyl (C=O) groups is 2. The molecular formula is C21H24N2O3. The van der Waals surface area contributed by atoms with E-state index in [-0.39, 0.29) is 5.78 Å². The van der Waals surface area contributed by atoms with Crippen molar-refractivity contribution in [2.24, 2.45) is 5.92 Å². The molecule has 1 amide bonds. The quantitative estimate of drug-likeness (QED) is 0.827. The highest BCUT2D eigenvalue weighted by molar-refractivity contribution is 6.03. The predicted octanol–water partition coefficient (Wildman–Crippen LogP) is 3.90. The van der Waals surface area contributed by atoms with Crippen molar-refractivity contribution in [1.29, 1.82) is 0 Å². The minimum absolute atomic E-state index is 0.00664. The van der Waals surface area contributed by atoms with E-state index in [1.54, 1.807) is 6.07 Å². The molecule has 0 spiro atoms. The van der Waals surface area contributed by atoms with Gasteiger partial charge in [0, 0.05) is 24.3 Å². The van der Waals surface area contributed by atoms with Crippen LogP contribution in [-0.4, -0.2) is 30.1 Å². The van der Waals surface area contributed by atoms with E-state index in [0.29, 0.717) is 12.0 Å². The molecule has 0 saturated carbocycles. The summed E-state index contributed by atoms with van der Waals surface area (Å²) >= 11 is 0. The fourth-order valence-corrected chi connectivity index (χ4v) is 3.77. The average molecular weight is 352 g/mol. The Balaban J connectivity index is 1.84. The van der Waals surface area contributed by atoms with Crippen LogP contribution in [0.3, 0.4) is 0 Å². The van der Waals surface area contributed by atoms with E-state index >= 15 is 0 Å². The molecule has 3 rings (SSSR count). The van der Waals surface area contributed by atoms with Crippen LogP contribution in [0.5, 0.6) is 0 Å². The van der Waals surface area contributed by atoms with Crippen molar-refractivity contribution in [2.75, 3.05) is 18.0 Å². The normalized spacial score (nSPS) is 18.5. The van der Waals surface area contributed by atoms with Gasteiger partial charge in [0.25, 0.3) is 0 Å². The Morgan fingerprint density at radius 1 is 1.08 bits per heavy atom. The summed E-state index contributed by atoms with van der Waals surface area (Å²) in [6, 6.07) is 14.9. The fraction of sp³-hybridized carbons (Fsp3) is 0.333. The van der Waals surface area contributed by atoms with Crippen molar-refractivity contribution in [1.82, 2.24) is 5.32 Å². The van der Waals surface area contributed by atoms with Crippen molar-refractivity contribution in [3.63, 3.8) is 0 Å². The zero-order chi connectivity index (χ0) is 18.7. The van der Waals surface area contributed by atoms with E-state index < -0.39 is 18.1 Å². The van der Waals surface area contributed by atoms with E-state index in [2.05, 4.69) is 36.2 Å². The summed E-state index contributed by atoms with van der Waals surface area (Å²) in [4.78, 5) is 26.3. The summed E-state index contributed by atoms with van der Waals surface area (Å²) in [6.07, 6.45) is -0.599. The maximum absolute atomic E-state index is 12.8. The number of rotatable bonds is 6. The number of fused-ring (bicyclic) bond motifs is 1. The third-order valence-electron chi connectivity index (χ3n) is 5.10. The van der Waals surface area contributed by atoms with Crippen LogP contribution in [0.1, 0.15) is 41.4 Å². The lowest BCUT2D eigenvalue weighted by Crippen LogP contribution is -2.32. The molecule has 136 valence electrons. The molecule has 0 bridgehead atoms. The SMILES string of the molecule is CCN(CC)c1ccc(CC2C(=O)c3ccccc3C2NC(=O)O)cc1. The molecule has 2 aromatic carbocycles. The van der Waals surface area contributed by atoms with Gasteiger partial charge in [-0.2, -0.15) is 0 Å². The third kappa shape index (κ3) is 3.43. The van der Waals surface area contributed by atoms with Crippen LogP contribution in [0.4, 0.5) is 10.5 Å². The monoisotopic (exact) mass is 352 g/mol. The maximum atomic E-state index is 12.8. The van der Waals surface area contributed by atoms with Gasteiger partial charge in [0.15, 0.2) is 5.78 Å². The molecular weight excluding hydrogens is 328 g/mol. The Morgan fingerprint density at radius 2 is 1.73 bits per heavy atom. The molecule has 0 aromatic heterocycles. The van der Waals surface area contributed by atoms with Gasteiger partial charge in [0.1, 0.15) is 0 Å². The van der Waals surface area contributed by atoms with Crippen LogP contribution in [-0.2, 0) is 6.42 Å². The fourth-order valence-electron chi connectivity index (χ4n) is 3.77. The van der Waals surface area contributed by atoms with Crippen molar-refractivity contribution < 1.29 is 14.7 Å².